The molecule has 0 saturated carbocycles. The maximum absolute atomic E-state index is 12.5. The summed E-state index contributed by atoms with van der Waals surface area (Å²) >= 11 is 0. The Balaban J connectivity index is 1.45. The summed E-state index contributed by atoms with van der Waals surface area (Å²) < 4.78 is 11.2. The molecule has 2 aromatic rings. The van der Waals surface area contributed by atoms with E-state index in [0.717, 1.165) is 37.2 Å². The Hall–Kier alpha value is -2.30. The summed E-state index contributed by atoms with van der Waals surface area (Å²) in [5.41, 5.74) is 2.87. The molecule has 25 heavy (non-hydrogen) atoms. The Morgan fingerprint density at radius 3 is 3.04 bits per heavy atom. The molecular weight excluding hydrogens is 316 g/mol. The Kier molecular flexibility index (Phi) is 4.24. The molecule has 1 aromatic heterocycles. The summed E-state index contributed by atoms with van der Waals surface area (Å²) in [6, 6.07) is 7.94. The maximum Gasteiger partial charge on any atom is 0.228 e. The first-order valence-electron chi connectivity index (χ1n) is 9.12. The first-order valence-corrected chi connectivity index (χ1v) is 9.12. The third-order valence-electron chi connectivity index (χ3n) is 5.08. The molecule has 2 atom stereocenters. The minimum atomic E-state index is 0.141. The van der Waals surface area contributed by atoms with E-state index in [4.69, 9.17) is 9.26 Å². The van der Waals surface area contributed by atoms with Crippen molar-refractivity contribution in [2.75, 3.05) is 13.1 Å². The average molecular weight is 340 g/mol. The van der Waals surface area contributed by atoms with E-state index < -0.39 is 0 Å². The zero-order chi connectivity index (χ0) is 17.4. The molecule has 1 aromatic carbocycles. The van der Waals surface area contributed by atoms with Crippen LogP contribution in [0.4, 0.5) is 0 Å². The molecule has 2 aliphatic heterocycles. The van der Waals surface area contributed by atoms with Crippen molar-refractivity contribution >= 4 is 5.91 Å². The highest BCUT2D eigenvalue weighted by molar-refractivity contribution is 5.78. The predicted molar refractivity (Wildman–Crippen MR) is 94.4 cm³/mol. The molecule has 2 unspecified atom stereocenters. The lowest BCUT2D eigenvalue weighted by atomic mass is 10.00. The molecule has 0 radical (unpaired) electrons. The van der Waals surface area contributed by atoms with Gasteiger partial charge in [-0.25, -0.2) is 0 Å². The summed E-state index contributed by atoms with van der Waals surface area (Å²) in [6.07, 6.45) is 3.74. The van der Waals surface area contributed by atoms with Crippen molar-refractivity contribution in [1.82, 2.24) is 10.1 Å². The first-order chi connectivity index (χ1) is 12.1. The lowest BCUT2D eigenvalue weighted by Crippen LogP contribution is -2.39. The van der Waals surface area contributed by atoms with E-state index in [-0.39, 0.29) is 12.0 Å². The first kappa shape index (κ1) is 16.2. The molecular formula is C20H24N2O3. The normalized spacial score (nSPS) is 22.6. The van der Waals surface area contributed by atoms with Crippen molar-refractivity contribution < 1.29 is 14.1 Å². The lowest BCUT2D eigenvalue weighted by molar-refractivity contribution is -0.132. The molecule has 0 aliphatic carbocycles. The molecule has 2 aliphatic rings. The van der Waals surface area contributed by atoms with Crippen LogP contribution in [0, 0.1) is 5.92 Å². The second-order valence-electron chi connectivity index (χ2n) is 7.40. The molecule has 3 heterocycles. The number of nitrogens with zero attached hydrogens (tertiary/aromatic N) is 2. The third-order valence-corrected chi connectivity index (χ3v) is 5.08. The highest BCUT2D eigenvalue weighted by atomic mass is 16.5. The molecule has 5 nitrogen and oxygen atoms in total. The van der Waals surface area contributed by atoms with Gasteiger partial charge in [0.2, 0.25) is 5.91 Å². The van der Waals surface area contributed by atoms with Gasteiger partial charge in [0.25, 0.3) is 0 Å². The topological polar surface area (TPSA) is 55.6 Å². The molecule has 0 spiro atoms. The number of piperidine rings is 1. The highest BCUT2D eigenvalue weighted by Crippen LogP contribution is 2.33. The molecule has 132 valence electrons. The fourth-order valence-electron chi connectivity index (χ4n) is 3.79. The van der Waals surface area contributed by atoms with Crippen LogP contribution in [0.2, 0.25) is 0 Å². The summed E-state index contributed by atoms with van der Waals surface area (Å²) in [7, 11) is 0. The van der Waals surface area contributed by atoms with Gasteiger partial charge in [0.1, 0.15) is 11.9 Å². The van der Waals surface area contributed by atoms with Crippen LogP contribution in [0.1, 0.15) is 37.9 Å². The van der Waals surface area contributed by atoms with Gasteiger partial charge in [-0.1, -0.05) is 12.1 Å². The van der Waals surface area contributed by atoms with Crippen molar-refractivity contribution in [3.8, 4) is 17.1 Å². The standard InChI is InChI=1S/C20H24N2O3/c1-13-4-3-7-22(12-13)20(23)11-17-10-19(25-21-17)15-5-6-18-16(9-15)8-14(2)24-18/h5-6,9-10,13-14H,3-4,7-8,11-12H2,1-2H3. The number of likely N-dealkylation sites (tertiary alicyclic amines) is 1. The van der Waals surface area contributed by atoms with Crippen LogP contribution in [0.25, 0.3) is 11.3 Å². The molecule has 0 N–H and O–H groups in total. The number of hydrogen-bond donors (Lipinski definition) is 0. The van der Waals surface area contributed by atoms with E-state index >= 15 is 0 Å². The van der Waals surface area contributed by atoms with Gasteiger partial charge in [-0.05, 0) is 49.4 Å². The minimum absolute atomic E-state index is 0.141. The molecule has 4 rings (SSSR count). The quantitative estimate of drug-likeness (QED) is 0.858. The number of hydrogen-bond acceptors (Lipinski definition) is 4. The number of amides is 1. The van der Waals surface area contributed by atoms with E-state index in [0.29, 0.717) is 23.8 Å². The SMILES string of the molecule is CC1CCCN(C(=O)Cc2cc(-c3ccc4c(c3)CC(C)O4)on2)C1. The predicted octanol–water partition coefficient (Wildman–Crippen LogP) is 3.47. The van der Waals surface area contributed by atoms with Crippen LogP contribution in [0.15, 0.2) is 28.8 Å². The van der Waals surface area contributed by atoms with E-state index in [2.05, 4.69) is 25.1 Å². The summed E-state index contributed by atoms with van der Waals surface area (Å²) in [5, 5.41) is 4.10. The van der Waals surface area contributed by atoms with Crippen LogP contribution in [-0.2, 0) is 17.6 Å². The van der Waals surface area contributed by atoms with Crippen LogP contribution >= 0.6 is 0 Å². The van der Waals surface area contributed by atoms with Gasteiger partial charge in [0, 0.05) is 31.1 Å². The molecule has 0 bridgehead atoms. The van der Waals surface area contributed by atoms with Gasteiger partial charge in [0.15, 0.2) is 5.76 Å². The smallest absolute Gasteiger partial charge is 0.228 e. The largest absolute Gasteiger partial charge is 0.490 e. The number of carbonyl (C=O) groups is 1. The Morgan fingerprint density at radius 2 is 2.20 bits per heavy atom. The van der Waals surface area contributed by atoms with E-state index in [1.54, 1.807) is 0 Å². The fourth-order valence-corrected chi connectivity index (χ4v) is 3.79. The molecule has 5 heteroatoms. The number of carbonyl (C=O) groups excluding carboxylic acids is 1. The van der Waals surface area contributed by atoms with Gasteiger partial charge in [0.05, 0.1) is 12.1 Å². The Labute approximate surface area is 147 Å². The number of rotatable bonds is 3. The monoisotopic (exact) mass is 340 g/mol. The van der Waals surface area contributed by atoms with Crippen LogP contribution in [-0.4, -0.2) is 35.2 Å². The highest BCUT2D eigenvalue weighted by Gasteiger charge is 2.23. The molecule has 1 amide bonds. The lowest BCUT2D eigenvalue weighted by Gasteiger charge is -2.30. The van der Waals surface area contributed by atoms with Gasteiger partial charge in [-0.15, -0.1) is 0 Å². The van der Waals surface area contributed by atoms with Crippen LogP contribution < -0.4 is 4.74 Å². The number of benzene rings is 1. The summed E-state index contributed by atoms with van der Waals surface area (Å²) in [4.78, 5) is 14.4. The van der Waals surface area contributed by atoms with Gasteiger partial charge < -0.3 is 14.2 Å². The van der Waals surface area contributed by atoms with Crippen molar-refractivity contribution in [1.29, 1.82) is 0 Å². The average Bonchev–Trinajstić information content (AvgIpc) is 3.19. The third kappa shape index (κ3) is 3.41. The van der Waals surface area contributed by atoms with Gasteiger partial charge in [-0.2, -0.15) is 0 Å². The van der Waals surface area contributed by atoms with E-state index in [1.165, 1.54) is 12.0 Å². The van der Waals surface area contributed by atoms with Crippen LogP contribution in [0.3, 0.4) is 0 Å². The van der Waals surface area contributed by atoms with Gasteiger partial charge in [-0.3, -0.25) is 4.79 Å². The maximum atomic E-state index is 12.5. The zero-order valence-electron chi connectivity index (χ0n) is 14.8. The minimum Gasteiger partial charge on any atom is -0.490 e. The number of aromatic nitrogens is 1. The van der Waals surface area contributed by atoms with Crippen molar-refractivity contribution in [2.45, 2.75) is 45.6 Å². The zero-order valence-corrected chi connectivity index (χ0v) is 14.8. The molecule has 1 saturated heterocycles. The summed E-state index contributed by atoms with van der Waals surface area (Å²) in [5.74, 6) is 2.38. The fraction of sp³-hybridized carbons (Fsp3) is 0.500. The summed E-state index contributed by atoms with van der Waals surface area (Å²) in [6.45, 7) is 5.98. The Bertz CT molecular complexity index is 783. The Morgan fingerprint density at radius 1 is 1.32 bits per heavy atom. The number of ether oxygens (including phenoxy) is 1. The van der Waals surface area contributed by atoms with E-state index in [9.17, 15) is 4.79 Å². The van der Waals surface area contributed by atoms with Crippen molar-refractivity contribution in [3.05, 3.63) is 35.5 Å². The number of fused-ring (bicyclic) bond motifs is 1. The molecule has 1 fully saturated rings. The van der Waals surface area contributed by atoms with E-state index in [1.807, 2.05) is 23.1 Å². The second-order valence-corrected chi connectivity index (χ2v) is 7.40. The van der Waals surface area contributed by atoms with Crippen LogP contribution in [0.5, 0.6) is 5.75 Å². The van der Waals surface area contributed by atoms with Crippen molar-refractivity contribution in [2.24, 2.45) is 5.92 Å². The van der Waals surface area contributed by atoms with Crippen molar-refractivity contribution in [3.63, 3.8) is 0 Å². The second kappa shape index (κ2) is 6.54. The van der Waals surface area contributed by atoms with Gasteiger partial charge >= 0.3 is 0 Å².